The van der Waals surface area contributed by atoms with E-state index < -0.39 is 23.4 Å². The molecule has 0 saturated carbocycles. The van der Waals surface area contributed by atoms with Gasteiger partial charge in [-0.1, -0.05) is 0 Å². The van der Waals surface area contributed by atoms with E-state index in [9.17, 15) is 18.0 Å². The third-order valence-corrected chi connectivity index (χ3v) is 1.96. The summed E-state index contributed by atoms with van der Waals surface area (Å²) >= 11 is 0. The Labute approximate surface area is 95.6 Å². The molecule has 0 aliphatic heterocycles. The van der Waals surface area contributed by atoms with E-state index in [1.165, 1.54) is 6.92 Å². The standard InChI is InChI=1S/C11H10F3NO2/c1-6(4-9(16)17)5-15-8-3-2-7(12)10(13)11(8)14/h2-4,15H,5H2,1H3,(H,16,17)/b6-4-. The van der Waals surface area contributed by atoms with Crippen molar-refractivity contribution >= 4 is 11.7 Å². The molecule has 0 aliphatic carbocycles. The van der Waals surface area contributed by atoms with Gasteiger partial charge in [-0.25, -0.2) is 18.0 Å². The van der Waals surface area contributed by atoms with Gasteiger partial charge in [0, 0.05) is 12.6 Å². The summed E-state index contributed by atoms with van der Waals surface area (Å²) in [5, 5.41) is 10.9. The van der Waals surface area contributed by atoms with Crippen LogP contribution in [0.25, 0.3) is 0 Å². The number of anilines is 1. The summed E-state index contributed by atoms with van der Waals surface area (Å²) in [5.41, 5.74) is 0.198. The monoisotopic (exact) mass is 245 g/mol. The highest BCUT2D eigenvalue weighted by Crippen LogP contribution is 2.19. The average Bonchev–Trinajstić information content (AvgIpc) is 2.24. The number of carboxylic acid groups (broad SMARTS) is 1. The van der Waals surface area contributed by atoms with Crippen LogP contribution < -0.4 is 5.32 Å². The molecule has 1 aromatic rings. The van der Waals surface area contributed by atoms with Gasteiger partial charge in [0.15, 0.2) is 17.5 Å². The molecule has 0 aromatic heterocycles. The number of rotatable bonds is 4. The molecule has 0 unspecified atom stereocenters. The first kappa shape index (κ1) is 13.1. The molecule has 0 bridgehead atoms. The molecule has 0 fully saturated rings. The maximum atomic E-state index is 13.2. The summed E-state index contributed by atoms with van der Waals surface area (Å²) in [6.45, 7) is 1.53. The van der Waals surface area contributed by atoms with Crippen molar-refractivity contribution in [2.75, 3.05) is 11.9 Å². The fourth-order valence-corrected chi connectivity index (χ4v) is 1.16. The molecule has 0 saturated heterocycles. The first-order valence-electron chi connectivity index (χ1n) is 4.69. The van der Waals surface area contributed by atoms with E-state index >= 15 is 0 Å². The lowest BCUT2D eigenvalue weighted by Gasteiger charge is -2.08. The number of aliphatic carboxylic acids is 1. The Morgan fingerprint density at radius 2 is 2.00 bits per heavy atom. The lowest BCUT2D eigenvalue weighted by atomic mass is 10.2. The molecule has 0 amide bonds. The van der Waals surface area contributed by atoms with E-state index in [2.05, 4.69) is 5.32 Å². The van der Waals surface area contributed by atoms with Crippen molar-refractivity contribution in [1.82, 2.24) is 0 Å². The van der Waals surface area contributed by atoms with Gasteiger partial charge >= 0.3 is 5.97 Å². The van der Waals surface area contributed by atoms with Crippen LogP contribution in [0.2, 0.25) is 0 Å². The molecule has 17 heavy (non-hydrogen) atoms. The van der Waals surface area contributed by atoms with E-state index in [-0.39, 0.29) is 12.2 Å². The quantitative estimate of drug-likeness (QED) is 0.633. The van der Waals surface area contributed by atoms with E-state index in [1.54, 1.807) is 0 Å². The van der Waals surface area contributed by atoms with Gasteiger partial charge in [0.2, 0.25) is 0 Å². The minimum absolute atomic E-state index is 0.0221. The van der Waals surface area contributed by atoms with E-state index in [1.807, 2.05) is 0 Å². The number of halogens is 3. The fourth-order valence-electron chi connectivity index (χ4n) is 1.16. The average molecular weight is 245 g/mol. The van der Waals surface area contributed by atoms with Gasteiger partial charge in [-0.3, -0.25) is 0 Å². The summed E-state index contributed by atoms with van der Waals surface area (Å²) in [6.07, 6.45) is 0.935. The number of benzene rings is 1. The molecule has 92 valence electrons. The highest BCUT2D eigenvalue weighted by molar-refractivity contribution is 5.80. The Bertz CT molecular complexity index is 472. The summed E-state index contributed by atoms with van der Waals surface area (Å²) in [4.78, 5) is 10.3. The van der Waals surface area contributed by atoms with E-state index in [4.69, 9.17) is 5.11 Å². The zero-order chi connectivity index (χ0) is 13.0. The van der Waals surface area contributed by atoms with Gasteiger partial charge < -0.3 is 10.4 Å². The molecule has 0 spiro atoms. The Kier molecular flexibility index (Phi) is 4.14. The predicted molar refractivity (Wildman–Crippen MR) is 56.2 cm³/mol. The van der Waals surface area contributed by atoms with Crippen LogP contribution in [0.4, 0.5) is 18.9 Å². The van der Waals surface area contributed by atoms with Gasteiger partial charge in [-0.05, 0) is 24.6 Å². The summed E-state index contributed by atoms with van der Waals surface area (Å²) in [6, 6.07) is 1.83. The van der Waals surface area contributed by atoms with Gasteiger partial charge in [-0.2, -0.15) is 0 Å². The summed E-state index contributed by atoms with van der Waals surface area (Å²) in [7, 11) is 0. The second-order valence-electron chi connectivity index (χ2n) is 3.41. The van der Waals surface area contributed by atoms with Gasteiger partial charge in [0.25, 0.3) is 0 Å². The molecule has 2 N–H and O–H groups in total. The largest absolute Gasteiger partial charge is 0.478 e. The van der Waals surface area contributed by atoms with Crippen molar-refractivity contribution in [3.63, 3.8) is 0 Å². The van der Waals surface area contributed by atoms with Gasteiger partial charge in [0.1, 0.15) is 0 Å². The Morgan fingerprint density at radius 3 is 2.59 bits per heavy atom. The van der Waals surface area contributed by atoms with Crippen molar-refractivity contribution in [3.05, 3.63) is 41.2 Å². The van der Waals surface area contributed by atoms with Crippen molar-refractivity contribution in [1.29, 1.82) is 0 Å². The molecular weight excluding hydrogens is 235 g/mol. The smallest absolute Gasteiger partial charge is 0.328 e. The molecule has 6 heteroatoms. The zero-order valence-corrected chi connectivity index (χ0v) is 8.93. The third-order valence-electron chi connectivity index (χ3n) is 1.96. The van der Waals surface area contributed by atoms with Crippen LogP contribution in [0, 0.1) is 17.5 Å². The van der Waals surface area contributed by atoms with Gasteiger partial charge in [-0.15, -0.1) is 0 Å². The van der Waals surface area contributed by atoms with Crippen molar-refractivity contribution in [2.45, 2.75) is 6.92 Å². The summed E-state index contributed by atoms with van der Waals surface area (Å²) in [5.74, 6) is -5.29. The van der Waals surface area contributed by atoms with Gasteiger partial charge in [0.05, 0.1) is 5.69 Å². The van der Waals surface area contributed by atoms with Crippen LogP contribution in [0.1, 0.15) is 6.92 Å². The highest BCUT2D eigenvalue weighted by atomic mass is 19.2. The fraction of sp³-hybridized carbons (Fsp3) is 0.182. The predicted octanol–water partition coefficient (Wildman–Crippen LogP) is 2.55. The van der Waals surface area contributed by atoms with Crippen LogP contribution in [0.3, 0.4) is 0 Å². The first-order chi connectivity index (χ1) is 7.91. The van der Waals surface area contributed by atoms with Crippen LogP contribution in [0.5, 0.6) is 0 Å². The maximum Gasteiger partial charge on any atom is 0.328 e. The Balaban J connectivity index is 2.77. The van der Waals surface area contributed by atoms with E-state index in [0.29, 0.717) is 5.57 Å². The molecule has 0 radical (unpaired) electrons. The van der Waals surface area contributed by atoms with Crippen LogP contribution in [-0.2, 0) is 4.79 Å². The highest BCUT2D eigenvalue weighted by Gasteiger charge is 2.12. The number of hydrogen-bond donors (Lipinski definition) is 2. The molecule has 1 rings (SSSR count). The van der Waals surface area contributed by atoms with E-state index in [0.717, 1.165) is 18.2 Å². The minimum atomic E-state index is -1.56. The van der Waals surface area contributed by atoms with Crippen molar-refractivity contribution in [3.8, 4) is 0 Å². The Morgan fingerprint density at radius 1 is 1.35 bits per heavy atom. The number of nitrogens with one attached hydrogen (secondary N) is 1. The number of carbonyl (C=O) groups is 1. The second-order valence-corrected chi connectivity index (χ2v) is 3.41. The van der Waals surface area contributed by atoms with Crippen LogP contribution in [-0.4, -0.2) is 17.6 Å². The molecule has 1 aromatic carbocycles. The normalized spacial score (nSPS) is 11.4. The topological polar surface area (TPSA) is 49.3 Å². The first-order valence-corrected chi connectivity index (χ1v) is 4.69. The lowest BCUT2D eigenvalue weighted by Crippen LogP contribution is -2.07. The Hall–Kier alpha value is -1.98. The minimum Gasteiger partial charge on any atom is -0.478 e. The second kappa shape index (κ2) is 5.38. The lowest BCUT2D eigenvalue weighted by molar-refractivity contribution is -0.131. The maximum absolute atomic E-state index is 13.2. The molecule has 0 atom stereocenters. The van der Waals surface area contributed by atoms with Crippen molar-refractivity contribution in [2.24, 2.45) is 0 Å². The summed E-state index contributed by atoms with van der Waals surface area (Å²) < 4.78 is 38.6. The van der Waals surface area contributed by atoms with Crippen LogP contribution in [0.15, 0.2) is 23.8 Å². The zero-order valence-electron chi connectivity index (χ0n) is 8.93. The number of carboxylic acids is 1. The van der Waals surface area contributed by atoms with Crippen LogP contribution >= 0.6 is 0 Å². The van der Waals surface area contributed by atoms with Crippen molar-refractivity contribution < 1.29 is 23.1 Å². The number of hydrogen-bond acceptors (Lipinski definition) is 2. The molecule has 0 aliphatic rings. The third kappa shape index (κ3) is 3.51. The molecule has 0 heterocycles. The molecule has 3 nitrogen and oxygen atoms in total. The SMILES string of the molecule is C/C(=C/C(=O)O)CNc1ccc(F)c(F)c1F. The molecular formula is C11H10F3NO2.